The molecule has 0 unspecified atom stereocenters. The van der Waals surface area contributed by atoms with Gasteiger partial charge in [0.15, 0.2) is 0 Å². The first-order valence-electron chi connectivity index (χ1n) is 14.3. The van der Waals surface area contributed by atoms with Gasteiger partial charge in [0.05, 0.1) is 10.6 Å². The maximum Gasteiger partial charge on any atom is 0.264 e. The molecule has 4 aromatic carbocycles. The number of rotatable bonds is 11. The molecule has 0 radical (unpaired) electrons. The lowest BCUT2D eigenvalue weighted by molar-refractivity contribution is -0.139. The largest absolute Gasteiger partial charge is 0.357 e. The van der Waals surface area contributed by atoms with E-state index in [-0.39, 0.29) is 23.8 Å². The van der Waals surface area contributed by atoms with E-state index < -0.39 is 28.5 Å². The Morgan fingerprint density at radius 1 is 0.744 bits per heavy atom. The Kier molecular flexibility index (Phi) is 10.0. The Bertz CT molecular complexity index is 1670. The Hall–Kier alpha value is -4.43. The van der Waals surface area contributed by atoms with Gasteiger partial charge < -0.3 is 10.2 Å². The molecular weight excluding hydrogens is 558 g/mol. The number of sulfonamides is 1. The van der Waals surface area contributed by atoms with E-state index >= 15 is 0 Å². The van der Waals surface area contributed by atoms with E-state index in [9.17, 15) is 18.0 Å². The molecule has 0 heterocycles. The Labute approximate surface area is 255 Å². The SMILES string of the molecule is CNC(=O)[C@H](Cc1ccccc1)N(Cc1ccc(C)cc1)C(=O)CN(c1cc(C)ccc1C)S(=O)(=O)c1ccc(C)cc1. The van der Waals surface area contributed by atoms with E-state index in [1.165, 1.54) is 9.21 Å². The van der Waals surface area contributed by atoms with Crippen molar-refractivity contribution in [2.75, 3.05) is 17.9 Å². The van der Waals surface area contributed by atoms with Crippen LogP contribution in [0.1, 0.15) is 33.4 Å². The highest BCUT2D eigenvalue weighted by molar-refractivity contribution is 7.92. The minimum absolute atomic E-state index is 0.0871. The van der Waals surface area contributed by atoms with E-state index in [0.717, 1.165) is 27.8 Å². The van der Waals surface area contributed by atoms with Gasteiger partial charge in [0, 0.05) is 20.0 Å². The normalized spacial score (nSPS) is 11.9. The number of likely N-dealkylation sites (N-methyl/N-ethyl adjacent to an activating group) is 1. The van der Waals surface area contributed by atoms with Crippen LogP contribution in [0.2, 0.25) is 0 Å². The Balaban J connectivity index is 1.81. The summed E-state index contributed by atoms with van der Waals surface area (Å²) in [6.07, 6.45) is 0.270. The van der Waals surface area contributed by atoms with Crippen LogP contribution < -0.4 is 9.62 Å². The molecular formula is C35H39N3O4S. The van der Waals surface area contributed by atoms with E-state index in [1.54, 1.807) is 37.4 Å². The number of nitrogens with zero attached hydrogens (tertiary/aromatic N) is 2. The quantitative estimate of drug-likeness (QED) is 0.247. The fourth-order valence-corrected chi connectivity index (χ4v) is 6.42. The molecule has 4 rings (SSSR count). The molecule has 1 atom stereocenters. The molecule has 4 aromatic rings. The highest BCUT2D eigenvalue weighted by atomic mass is 32.2. The molecule has 224 valence electrons. The van der Waals surface area contributed by atoms with Crippen LogP contribution in [0.25, 0.3) is 0 Å². The van der Waals surface area contributed by atoms with Crippen molar-refractivity contribution in [3.05, 3.63) is 130 Å². The molecule has 0 bridgehead atoms. The zero-order valence-electron chi connectivity index (χ0n) is 25.4. The molecule has 0 aliphatic carbocycles. The number of carbonyl (C=O) groups excluding carboxylic acids is 2. The molecule has 0 aliphatic rings. The average molecular weight is 598 g/mol. The van der Waals surface area contributed by atoms with Gasteiger partial charge in [-0.05, 0) is 68.1 Å². The van der Waals surface area contributed by atoms with Crippen LogP contribution in [-0.2, 0) is 32.6 Å². The summed E-state index contributed by atoms with van der Waals surface area (Å²) in [6.45, 7) is 7.23. The third-order valence-corrected chi connectivity index (χ3v) is 9.29. The fraction of sp³-hybridized carbons (Fsp3) is 0.257. The van der Waals surface area contributed by atoms with Crippen LogP contribution in [0.3, 0.4) is 0 Å². The number of carbonyl (C=O) groups is 2. The van der Waals surface area contributed by atoms with E-state index in [4.69, 9.17) is 0 Å². The maximum absolute atomic E-state index is 14.4. The lowest BCUT2D eigenvalue weighted by atomic mass is 10.0. The predicted octanol–water partition coefficient (Wildman–Crippen LogP) is 5.50. The van der Waals surface area contributed by atoms with Crippen molar-refractivity contribution in [2.24, 2.45) is 0 Å². The van der Waals surface area contributed by atoms with E-state index in [2.05, 4.69) is 5.32 Å². The molecule has 1 N–H and O–H groups in total. The lowest BCUT2D eigenvalue weighted by Gasteiger charge is -2.34. The average Bonchev–Trinajstić information content (AvgIpc) is 3.00. The van der Waals surface area contributed by atoms with Crippen LogP contribution >= 0.6 is 0 Å². The van der Waals surface area contributed by atoms with Crippen LogP contribution in [-0.4, -0.2) is 44.8 Å². The van der Waals surface area contributed by atoms with Crippen LogP contribution in [0.4, 0.5) is 5.69 Å². The summed E-state index contributed by atoms with van der Waals surface area (Å²) in [4.78, 5) is 29.4. The summed E-state index contributed by atoms with van der Waals surface area (Å²) in [5.74, 6) is -0.814. The first-order valence-corrected chi connectivity index (χ1v) is 15.7. The minimum atomic E-state index is -4.14. The number of aryl methyl sites for hydroxylation is 4. The Morgan fingerprint density at radius 3 is 1.93 bits per heavy atom. The van der Waals surface area contributed by atoms with Crippen molar-refractivity contribution in [3.8, 4) is 0 Å². The first-order chi connectivity index (χ1) is 20.5. The van der Waals surface area contributed by atoms with Crippen molar-refractivity contribution in [1.29, 1.82) is 0 Å². The summed E-state index contributed by atoms with van der Waals surface area (Å²) < 4.78 is 29.6. The molecule has 0 saturated carbocycles. The van der Waals surface area contributed by atoms with Crippen molar-refractivity contribution in [1.82, 2.24) is 10.2 Å². The topological polar surface area (TPSA) is 86.8 Å². The second-order valence-electron chi connectivity index (χ2n) is 10.9. The number of hydrogen-bond acceptors (Lipinski definition) is 4. The summed E-state index contributed by atoms with van der Waals surface area (Å²) in [5.41, 5.74) is 5.71. The second-order valence-corrected chi connectivity index (χ2v) is 12.8. The first kappa shape index (κ1) is 31.5. The number of amides is 2. The van der Waals surface area contributed by atoms with Crippen molar-refractivity contribution < 1.29 is 18.0 Å². The van der Waals surface area contributed by atoms with Crippen molar-refractivity contribution >= 4 is 27.5 Å². The molecule has 0 fully saturated rings. The van der Waals surface area contributed by atoms with Crippen LogP contribution in [0.5, 0.6) is 0 Å². The van der Waals surface area contributed by atoms with Gasteiger partial charge in [-0.15, -0.1) is 0 Å². The minimum Gasteiger partial charge on any atom is -0.357 e. The molecule has 0 aliphatic heterocycles. The molecule has 0 saturated heterocycles. The highest BCUT2D eigenvalue weighted by Crippen LogP contribution is 2.29. The van der Waals surface area contributed by atoms with Gasteiger partial charge in [-0.1, -0.05) is 90.0 Å². The van der Waals surface area contributed by atoms with Gasteiger partial charge in [0.25, 0.3) is 10.0 Å². The summed E-state index contributed by atoms with van der Waals surface area (Å²) in [6, 6.07) is 28.5. The lowest BCUT2D eigenvalue weighted by Crippen LogP contribution is -2.53. The van der Waals surface area contributed by atoms with Gasteiger partial charge in [-0.2, -0.15) is 0 Å². The van der Waals surface area contributed by atoms with E-state index in [0.29, 0.717) is 11.3 Å². The zero-order valence-corrected chi connectivity index (χ0v) is 26.2. The standard InChI is InChI=1S/C35H39N3O4S/c1-25-12-17-30(18-13-25)23-37(33(35(40)36-5)22-29-9-7-6-8-10-29)34(39)24-38(32-21-27(3)11-16-28(32)4)43(41,42)31-19-14-26(2)15-20-31/h6-21,33H,22-24H2,1-5H3,(H,36,40)/t33-/m0/s1. The van der Waals surface area contributed by atoms with E-state index in [1.807, 2.05) is 94.4 Å². The Morgan fingerprint density at radius 2 is 1.33 bits per heavy atom. The second kappa shape index (κ2) is 13.7. The molecule has 0 aromatic heterocycles. The fourth-order valence-electron chi connectivity index (χ4n) is 4.95. The molecule has 0 spiro atoms. The summed E-state index contributed by atoms with van der Waals surface area (Å²) in [5, 5.41) is 2.71. The van der Waals surface area contributed by atoms with Crippen molar-refractivity contribution in [2.45, 2.75) is 51.6 Å². The third kappa shape index (κ3) is 7.70. The number of benzene rings is 4. The van der Waals surface area contributed by atoms with Gasteiger partial charge in [-0.3, -0.25) is 13.9 Å². The smallest absolute Gasteiger partial charge is 0.264 e. The molecule has 2 amide bonds. The van der Waals surface area contributed by atoms with Gasteiger partial charge >= 0.3 is 0 Å². The van der Waals surface area contributed by atoms with Crippen molar-refractivity contribution in [3.63, 3.8) is 0 Å². The molecule has 43 heavy (non-hydrogen) atoms. The highest BCUT2D eigenvalue weighted by Gasteiger charge is 2.34. The number of anilines is 1. The summed E-state index contributed by atoms with van der Waals surface area (Å²) >= 11 is 0. The van der Waals surface area contributed by atoms with Gasteiger partial charge in [0.1, 0.15) is 12.6 Å². The van der Waals surface area contributed by atoms with Gasteiger partial charge in [0.2, 0.25) is 11.8 Å². The van der Waals surface area contributed by atoms with Crippen LogP contribution in [0.15, 0.2) is 102 Å². The van der Waals surface area contributed by atoms with Crippen LogP contribution in [0, 0.1) is 27.7 Å². The zero-order chi connectivity index (χ0) is 31.1. The molecule has 7 nitrogen and oxygen atoms in total. The number of hydrogen-bond donors (Lipinski definition) is 1. The monoisotopic (exact) mass is 597 g/mol. The third-order valence-electron chi connectivity index (χ3n) is 7.51. The number of nitrogens with one attached hydrogen (secondary N) is 1. The molecule has 8 heteroatoms. The maximum atomic E-state index is 14.4. The van der Waals surface area contributed by atoms with Gasteiger partial charge in [-0.25, -0.2) is 8.42 Å². The summed E-state index contributed by atoms with van der Waals surface area (Å²) in [7, 11) is -2.60. The predicted molar refractivity (Wildman–Crippen MR) is 171 cm³/mol.